The summed E-state index contributed by atoms with van der Waals surface area (Å²) in [6.45, 7) is 2.52. The average molecular weight is 309 g/mol. The van der Waals surface area contributed by atoms with Crippen LogP contribution in [0.25, 0.3) is 11.6 Å². The van der Waals surface area contributed by atoms with Gasteiger partial charge in [-0.2, -0.15) is 0 Å². The van der Waals surface area contributed by atoms with E-state index in [2.05, 4.69) is 21.0 Å². The summed E-state index contributed by atoms with van der Waals surface area (Å²) in [6.07, 6.45) is 7.21. The van der Waals surface area contributed by atoms with Crippen LogP contribution >= 0.6 is 11.3 Å². The standard InChI is InChI=1S/C17H15N3OS/c1-13(17-9-18-6-7-19-17)8-14-2-4-16(5-3-14)21-10-15-11-22-12-20-15/h2-9,11-12H,10H2,1H3/b13-8-. The molecule has 0 aliphatic rings. The van der Waals surface area contributed by atoms with Crippen molar-refractivity contribution < 1.29 is 4.74 Å². The number of hydrogen-bond donors (Lipinski definition) is 0. The maximum Gasteiger partial charge on any atom is 0.131 e. The second-order valence-electron chi connectivity index (χ2n) is 4.76. The summed E-state index contributed by atoms with van der Waals surface area (Å²) >= 11 is 1.57. The molecule has 3 aromatic rings. The van der Waals surface area contributed by atoms with Crippen molar-refractivity contribution in [1.82, 2.24) is 15.0 Å². The van der Waals surface area contributed by atoms with Crippen molar-refractivity contribution in [3.05, 3.63) is 70.7 Å². The summed E-state index contributed by atoms with van der Waals surface area (Å²) in [5, 5.41) is 1.99. The first-order valence-corrected chi connectivity index (χ1v) is 7.80. The number of rotatable bonds is 5. The molecule has 2 heterocycles. The number of benzene rings is 1. The van der Waals surface area contributed by atoms with Crippen LogP contribution in [0.15, 0.2) is 53.7 Å². The zero-order valence-electron chi connectivity index (χ0n) is 12.1. The van der Waals surface area contributed by atoms with Crippen LogP contribution in [0.5, 0.6) is 5.75 Å². The van der Waals surface area contributed by atoms with E-state index in [-0.39, 0.29) is 0 Å². The highest BCUT2D eigenvalue weighted by atomic mass is 32.1. The maximum absolute atomic E-state index is 5.70. The first-order chi connectivity index (χ1) is 10.8. The summed E-state index contributed by atoms with van der Waals surface area (Å²) < 4.78 is 5.70. The van der Waals surface area contributed by atoms with Crippen LogP contribution in [0.3, 0.4) is 0 Å². The molecule has 0 radical (unpaired) electrons. The molecule has 0 atom stereocenters. The highest BCUT2D eigenvalue weighted by molar-refractivity contribution is 7.07. The van der Waals surface area contributed by atoms with E-state index >= 15 is 0 Å². The number of aromatic nitrogens is 3. The van der Waals surface area contributed by atoms with Gasteiger partial charge >= 0.3 is 0 Å². The van der Waals surface area contributed by atoms with E-state index in [4.69, 9.17) is 4.74 Å². The van der Waals surface area contributed by atoms with Gasteiger partial charge in [0.1, 0.15) is 12.4 Å². The second kappa shape index (κ2) is 6.95. The molecule has 0 aliphatic heterocycles. The normalized spacial score (nSPS) is 11.4. The van der Waals surface area contributed by atoms with Crippen LogP contribution in [0.2, 0.25) is 0 Å². The summed E-state index contributed by atoms with van der Waals surface area (Å²) in [5.74, 6) is 0.835. The van der Waals surface area contributed by atoms with Gasteiger partial charge < -0.3 is 4.74 Å². The summed E-state index contributed by atoms with van der Waals surface area (Å²) in [5.41, 5.74) is 5.81. The van der Waals surface area contributed by atoms with E-state index < -0.39 is 0 Å². The van der Waals surface area contributed by atoms with Crippen molar-refractivity contribution in [2.24, 2.45) is 0 Å². The molecule has 0 bridgehead atoms. The molecule has 22 heavy (non-hydrogen) atoms. The van der Waals surface area contributed by atoms with Crippen molar-refractivity contribution in [2.75, 3.05) is 0 Å². The second-order valence-corrected chi connectivity index (χ2v) is 5.47. The first-order valence-electron chi connectivity index (χ1n) is 6.86. The third-order valence-corrected chi connectivity index (χ3v) is 3.74. The quantitative estimate of drug-likeness (QED) is 0.712. The van der Waals surface area contributed by atoms with Gasteiger partial charge in [-0.25, -0.2) is 4.98 Å². The SMILES string of the molecule is C/C(=C/c1ccc(OCc2cscn2)cc1)c1cnccn1. The van der Waals surface area contributed by atoms with E-state index in [1.807, 2.05) is 42.1 Å². The molecule has 0 unspecified atom stereocenters. The Kier molecular flexibility index (Phi) is 4.56. The fourth-order valence-corrected chi connectivity index (χ4v) is 2.50. The molecule has 0 fully saturated rings. The van der Waals surface area contributed by atoms with Crippen LogP contribution in [0, 0.1) is 0 Å². The third-order valence-electron chi connectivity index (χ3n) is 3.10. The molecular weight excluding hydrogens is 294 g/mol. The lowest BCUT2D eigenvalue weighted by Gasteiger charge is -2.05. The smallest absolute Gasteiger partial charge is 0.131 e. The Balaban J connectivity index is 1.66. The first kappa shape index (κ1) is 14.4. The fraction of sp³-hybridized carbons (Fsp3) is 0.118. The van der Waals surface area contributed by atoms with E-state index in [1.54, 1.807) is 29.9 Å². The topological polar surface area (TPSA) is 47.9 Å². The molecular formula is C17H15N3OS. The van der Waals surface area contributed by atoms with Gasteiger partial charge in [-0.1, -0.05) is 12.1 Å². The molecule has 0 spiro atoms. The minimum Gasteiger partial charge on any atom is -0.487 e. The van der Waals surface area contributed by atoms with Crippen LogP contribution in [-0.2, 0) is 6.61 Å². The number of nitrogens with zero attached hydrogens (tertiary/aromatic N) is 3. The Morgan fingerprint density at radius 2 is 2.05 bits per heavy atom. The van der Waals surface area contributed by atoms with Crippen LogP contribution in [0.4, 0.5) is 0 Å². The van der Waals surface area contributed by atoms with Gasteiger partial charge in [-0.15, -0.1) is 11.3 Å². The number of thiazole rings is 1. The Morgan fingerprint density at radius 3 is 2.73 bits per heavy atom. The lowest BCUT2D eigenvalue weighted by Crippen LogP contribution is -1.95. The van der Waals surface area contributed by atoms with Crippen LogP contribution < -0.4 is 4.74 Å². The molecule has 0 aliphatic carbocycles. The maximum atomic E-state index is 5.70. The van der Waals surface area contributed by atoms with E-state index in [9.17, 15) is 0 Å². The minimum absolute atomic E-state index is 0.497. The van der Waals surface area contributed by atoms with Crippen molar-refractivity contribution in [3.63, 3.8) is 0 Å². The zero-order chi connectivity index (χ0) is 15.2. The van der Waals surface area contributed by atoms with E-state index in [0.29, 0.717) is 6.61 Å². The molecule has 4 nitrogen and oxygen atoms in total. The number of ether oxygens (including phenoxy) is 1. The van der Waals surface area contributed by atoms with Gasteiger partial charge in [0.15, 0.2) is 0 Å². The summed E-state index contributed by atoms with van der Waals surface area (Å²) in [7, 11) is 0. The summed E-state index contributed by atoms with van der Waals surface area (Å²) in [6, 6.07) is 7.97. The monoisotopic (exact) mass is 309 g/mol. The lowest BCUT2D eigenvalue weighted by atomic mass is 10.1. The van der Waals surface area contributed by atoms with Gasteiger partial charge in [-0.05, 0) is 36.3 Å². The van der Waals surface area contributed by atoms with Gasteiger partial charge in [0.2, 0.25) is 0 Å². The fourth-order valence-electron chi connectivity index (χ4n) is 1.95. The lowest BCUT2D eigenvalue weighted by molar-refractivity contribution is 0.302. The Morgan fingerprint density at radius 1 is 1.18 bits per heavy atom. The van der Waals surface area contributed by atoms with Crippen molar-refractivity contribution in [1.29, 1.82) is 0 Å². The predicted octanol–water partition coefficient (Wildman–Crippen LogP) is 4.07. The summed E-state index contributed by atoms with van der Waals surface area (Å²) in [4.78, 5) is 12.6. The zero-order valence-corrected chi connectivity index (χ0v) is 13.0. The van der Waals surface area contributed by atoms with Crippen molar-refractivity contribution in [2.45, 2.75) is 13.5 Å². The average Bonchev–Trinajstić information content (AvgIpc) is 3.08. The van der Waals surface area contributed by atoms with Crippen molar-refractivity contribution in [3.8, 4) is 5.75 Å². The highest BCUT2D eigenvalue weighted by Gasteiger charge is 2.00. The molecule has 0 amide bonds. The van der Waals surface area contributed by atoms with Gasteiger partial charge in [0.25, 0.3) is 0 Å². The molecule has 0 saturated heterocycles. The molecule has 0 saturated carbocycles. The highest BCUT2D eigenvalue weighted by Crippen LogP contribution is 2.18. The van der Waals surface area contributed by atoms with Gasteiger partial charge in [-0.3, -0.25) is 9.97 Å². The molecule has 1 aromatic carbocycles. The Hall–Kier alpha value is -2.53. The van der Waals surface area contributed by atoms with Crippen LogP contribution in [0.1, 0.15) is 23.9 Å². The molecule has 5 heteroatoms. The van der Waals surface area contributed by atoms with Gasteiger partial charge in [0.05, 0.1) is 23.1 Å². The third kappa shape index (κ3) is 3.77. The Labute approximate surface area is 133 Å². The van der Waals surface area contributed by atoms with Crippen LogP contribution in [-0.4, -0.2) is 15.0 Å². The minimum atomic E-state index is 0.497. The molecule has 110 valence electrons. The molecule has 0 N–H and O–H groups in total. The van der Waals surface area contributed by atoms with E-state index in [0.717, 1.165) is 28.3 Å². The number of allylic oxidation sites excluding steroid dienone is 1. The molecule has 2 aromatic heterocycles. The van der Waals surface area contributed by atoms with Gasteiger partial charge in [0, 0.05) is 17.8 Å². The molecule has 3 rings (SSSR count). The van der Waals surface area contributed by atoms with E-state index in [1.165, 1.54) is 0 Å². The Bertz CT molecular complexity index is 737. The largest absolute Gasteiger partial charge is 0.487 e. The predicted molar refractivity (Wildman–Crippen MR) is 88.5 cm³/mol. The number of hydrogen-bond acceptors (Lipinski definition) is 5. The van der Waals surface area contributed by atoms with Crippen molar-refractivity contribution >= 4 is 23.0 Å².